The van der Waals surface area contributed by atoms with Gasteiger partial charge in [0.2, 0.25) is 5.95 Å². The van der Waals surface area contributed by atoms with Gasteiger partial charge in [0, 0.05) is 7.11 Å². The molecule has 2 unspecified atom stereocenters. The topological polar surface area (TPSA) is 134 Å². The van der Waals surface area contributed by atoms with Gasteiger partial charge in [-0.05, 0) is 5.56 Å². The molecule has 0 saturated carbocycles. The van der Waals surface area contributed by atoms with Gasteiger partial charge in [-0.2, -0.15) is 4.98 Å². The fourth-order valence-corrected chi connectivity index (χ4v) is 3.58. The monoisotopic (exact) mass is 425 g/mol. The quantitative estimate of drug-likeness (QED) is 0.472. The summed E-state index contributed by atoms with van der Waals surface area (Å²) in [5.41, 5.74) is 6.13. The molecule has 0 amide bonds. The highest BCUT2D eigenvalue weighted by Crippen LogP contribution is 2.48. The number of hydrogen-bond donors (Lipinski definition) is 2. The Morgan fingerprint density at radius 3 is 2.79 bits per heavy atom. The summed E-state index contributed by atoms with van der Waals surface area (Å²) in [5.74, 6) is -0.0832. The van der Waals surface area contributed by atoms with Crippen LogP contribution in [0.2, 0.25) is 0 Å². The van der Waals surface area contributed by atoms with E-state index in [9.17, 15) is 13.8 Å². The second-order valence-corrected chi connectivity index (χ2v) is 8.25. The van der Waals surface area contributed by atoms with Crippen LogP contribution in [0.5, 0.6) is 0 Å². The van der Waals surface area contributed by atoms with E-state index in [0.29, 0.717) is 0 Å². The number of nitrogens with two attached hydrogens (primary N) is 1. The summed E-state index contributed by atoms with van der Waals surface area (Å²) in [6.07, 6.45) is -0.0908. The minimum atomic E-state index is -3.59. The number of fused-ring (bicyclic) bond motifs is 1. The number of hydrogen-bond acceptors (Lipinski definition) is 8. The number of rotatable bonds is 10. The fraction of sp³-hybridized carbons (Fsp3) is 0.353. The zero-order valence-electron chi connectivity index (χ0n) is 15.7. The van der Waals surface area contributed by atoms with E-state index >= 15 is 0 Å². The summed E-state index contributed by atoms with van der Waals surface area (Å²) < 4.78 is 43.4. The van der Waals surface area contributed by atoms with Crippen LogP contribution in [0.3, 0.4) is 0 Å². The molecular weight excluding hydrogens is 404 g/mol. The van der Waals surface area contributed by atoms with Crippen molar-refractivity contribution < 1.29 is 22.7 Å². The smallest absolute Gasteiger partial charge is 0.356 e. The molecule has 0 bridgehead atoms. The molecule has 1 aromatic carbocycles. The van der Waals surface area contributed by atoms with Crippen LogP contribution >= 0.6 is 7.60 Å². The lowest BCUT2D eigenvalue weighted by molar-refractivity contribution is 0.0390. The normalized spacial score (nSPS) is 14.7. The molecule has 12 heteroatoms. The maximum Gasteiger partial charge on any atom is 0.356 e. The van der Waals surface area contributed by atoms with Crippen LogP contribution in [0, 0.1) is 0 Å². The lowest BCUT2D eigenvalue weighted by atomic mass is 10.2. The van der Waals surface area contributed by atoms with Crippen molar-refractivity contribution in [2.24, 2.45) is 0 Å². The van der Waals surface area contributed by atoms with Gasteiger partial charge in [-0.1, -0.05) is 30.3 Å². The number of anilines is 1. The predicted octanol–water partition coefficient (Wildman–Crippen LogP) is 2.07. The number of aromatic nitrogens is 4. The van der Waals surface area contributed by atoms with Crippen molar-refractivity contribution >= 4 is 24.7 Å². The van der Waals surface area contributed by atoms with Crippen molar-refractivity contribution in [1.29, 1.82) is 0 Å². The van der Waals surface area contributed by atoms with E-state index in [0.717, 1.165) is 5.56 Å². The van der Waals surface area contributed by atoms with Crippen molar-refractivity contribution in [3.05, 3.63) is 52.6 Å². The van der Waals surface area contributed by atoms with Gasteiger partial charge in [-0.3, -0.25) is 14.3 Å². The highest BCUT2D eigenvalue weighted by Gasteiger charge is 2.26. The number of alkyl halides is 1. The van der Waals surface area contributed by atoms with E-state index < -0.39 is 32.3 Å². The Hall–Kier alpha value is -2.59. The number of aromatic amines is 1. The van der Waals surface area contributed by atoms with E-state index in [4.69, 9.17) is 19.5 Å². The minimum absolute atomic E-state index is 0.0225. The first-order valence-corrected chi connectivity index (χ1v) is 10.4. The third-order valence-electron chi connectivity index (χ3n) is 4.08. The molecule has 2 aromatic heterocycles. The van der Waals surface area contributed by atoms with Crippen LogP contribution in [-0.4, -0.2) is 45.8 Å². The molecule has 29 heavy (non-hydrogen) atoms. The van der Waals surface area contributed by atoms with Crippen LogP contribution < -0.4 is 11.3 Å². The Morgan fingerprint density at radius 2 is 2.10 bits per heavy atom. The molecule has 2 heterocycles. The first kappa shape index (κ1) is 21.1. The van der Waals surface area contributed by atoms with Crippen molar-refractivity contribution in [1.82, 2.24) is 19.5 Å². The maximum atomic E-state index is 13.5. The number of nitrogens with zero attached hydrogens (tertiary/aromatic N) is 3. The highest BCUT2D eigenvalue weighted by molar-refractivity contribution is 7.53. The molecule has 0 radical (unpaired) electrons. The van der Waals surface area contributed by atoms with Gasteiger partial charge in [0.15, 0.2) is 11.2 Å². The van der Waals surface area contributed by atoms with Gasteiger partial charge in [0.1, 0.15) is 19.1 Å². The summed E-state index contributed by atoms with van der Waals surface area (Å²) in [4.78, 5) is 22.1. The van der Waals surface area contributed by atoms with E-state index in [1.165, 1.54) is 18.0 Å². The summed E-state index contributed by atoms with van der Waals surface area (Å²) in [6, 6.07) is 9.14. The van der Waals surface area contributed by atoms with Crippen molar-refractivity contribution in [3.63, 3.8) is 0 Å². The largest absolute Gasteiger partial charge is 0.369 e. The second-order valence-electron chi connectivity index (χ2n) is 6.14. The lowest BCUT2D eigenvalue weighted by Crippen LogP contribution is -2.23. The standard InChI is InChI=1S/C17H21FN5O5P/c1-26-29(25,28-9-12-5-3-2-4-6-12)11-27-13(7-18)8-23-10-20-14-15(23)21-17(19)22-16(14)24/h2-6,10,13H,7-9,11H2,1H3,(H3,19,21,22,24). The van der Waals surface area contributed by atoms with Crippen LogP contribution in [0.15, 0.2) is 41.5 Å². The Labute approximate surface area is 165 Å². The molecular formula is C17H21FN5O5P. The van der Waals surface area contributed by atoms with Gasteiger partial charge >= 0.3 is 7.60 Å². The number of benzene rings is 1. The van der Waals surface area contributed by atoms with E-state index in [1.807, 2.05) is 30.3 Å². The molecule has 0 aliphatic rings. The average molecular weight is 425 g/mol. The molecule has 0 aliphatic heterocycles. The summed E-state index contributed by atoms with van der Waals surface area (Å²) in [7, 11) is -2.35. The first-order chi connectivity index (χ1) is 13.9. The highest BCUT2D eigenvalue weighted by atomic mass is 31.2. The molecule has 0 fully saturated rings. The molecule has 3 aromatic rings. The average Bonchev–Trinajstić information content (AvgIpc) is 3.13. The Morgan fingerprint density at radius 1 is 1.34 bits per heavy atom. The number of halogens is 1. The first-order valence-electron chi connectivity index (χ1n) is 8.65. The van der Waals surface area contributed by atoms with Crippen LogP contribution in [-0.2, 0) is 31.5 Å². The number of ether oxygens (including phenoxy) is 1. The summed E-state index contributed by atoms with van der Waals surface area (Å²) in [5, 5.41) is 0. The third kappa shape index (κ3) is 5.27. The van der Waals surface area contributed by atoms with Gasteiger partial charge in [-0.15, -0.1) is 0 Å². The molecule has 156 valence electrons. The van der Waals surface area contributed by atoms with Crippen molar-refractivity contribution in [2.45, 2.75) is 19.3 Å². The van der Waals surface area contributed by atoms with E-state index in [1.54, 1.807) is 0 Å². The minimum Gasteiger partial charge on any atom is -0.369 e. The number of H-pyrrole nitrogens is 1. The SMILES string of the molecule is COP(=O)(COC(CF)Cn1cnc2c(=O)[nH]c(N)nc21)OCc1ccccc1. The summed E-state index contributed by atoms with van der Waals surface area (Å²) >= 11 is 0. The number of nitrogens with one attached hydrogen (secondary N) is 1. The Balaban J connectivity index is 1.65. The second kappa shape index (κ2) is 9.27. The number of imidazole rings is 1. The maximum absolute atomic E-state index is 13.5. The lowest BCUT2D eigenvalue weighted by Gasteiger charge is -2.20. The fourth-order valence-electron chi connectivity index (χ4n) is 2.56. The molecule has 10 nitrogen and oxygen atoms in total. The molecule has 3 N–H and O–H groups in total. The van der Waals surface area contributed by atoms with Crippen molar-refractivity contribution in [2.75, 3.05) is 25.9 Å². The van der Waals surface area contributed by atoms with Crippen molar-refractivity contribution in [3.8, 4) is 0 Å². The van der Waals surface area contributed by atoms with Gasteiger partial charge in [0.25, 0.3) is 5.56 Å². The predicted molar refractivity (Wildman–Crippen MR) is 104 cm³/mol. The molecule has 0 saturated heterocycles. The van der Waals surface area contributed by atoms with Crippen LogP contribution in [0.1, 0.15) is 5.56 Å². The van der Waals surface area contributed by atoms with E-state index in [-0.39, 0.29) is 30.3 Å². The van der Waals surface area contributed by atoms with E-state index in [2.05, 4.69) is 15.0 Å². The number of nitrogen functional groups attached to an aromatic ring is 1. The summed E-state index contributed by atoms with van der Waals surface area (Å²) in [6.45, 7) is -0.834. The van der Waals surface area contributed by atoms with Gasteiger partial charge < -0.3 is 24.1 Å². The molecule has 2 atom stereocenters. The van der Waals surface area contributed by atoms with Gasteiger partial charge in [-0.25, -0.2) is 9.37 Å². The van der Waals surface area contributed by atoms with Crippen LogP contribution in [0.4, 0.5) is 10.3 Å². The molecule has 0 aliphatic carbocycles. The third-order valence-corrected chi connectivity index (χ3v) is 5.63. The van der Waals surface area contributed by atoms with Crippen LogP contribution in [0.25, 0.3) is 11.2 Å². The zero-order valence-corrected chi connectivity index (χ0v) is 16.5. The Bertz CT molecular complexity index is 1060. The Kier molecular flexibility index (Phi) is 6.75. The molecule has 0 spiro atoms. The molecule has 3 rings (SSSR count). The van der Waals surface area contributed by atoms with Gasteiger partial charge in [0.05, 0.1) is 19.5 Å². The zero-order chi connectivity index (χ0) is 20.9.